The van der Waals surface area contributed by atoms with Gasteiger partial charge in [-0.2, -0.15) is 0 Å². The van der Waals surface area contributed by atoms with E-state index in [4.69, 9.17) is 10.5 Å². The van der Waals surface area contributed by atoms with Crippen LogP contribution in [-0.2, 0) is 0 Å². The van der Waals surface area contributed by atoms with Crippen LogP contribution in [0.1, 0.15) is 17.7 Å². The van der Waals surface area contributed by atoms with Crippen LogP contribution in [0.2, 0.25) is 0 Å². The summed E-state index contributed by atoms with van der Waals surface area (Å²) in [6, 6.07) is 0. The molecule has 0 bridgehead atoms. The third-order valence-electron chi connectivity index (χ3n) is 1.80. The first-order chi connectivity index (χ1) is 6.07. The van der Waals surface area contributed by atoms with Crippen molar-refractivity contribution in [1.29, 1.82) is 0 Å². The van der Waals surface area contributed by atoms with Crippen molar-refractivity contribution in [2.24, 2.45) is 0 Å². The largest absolute Gasteiger partial charge is 0.493 e. The minimum absolute atomic E-state index is 0.216. The molecule has 3 nitrogen and oxygen atoms in total. The van der Waals surface area contributed by atoms with Gasteiger partial charge < -0.3 is 10.5 Å². The summed E-state index contributed by atoms with van der Waals surface area (Å²) < 4.78 is 29.4. The van der Waals surface area contributed by atoms with Crippen LogP contribution in [-0.4, -0.2) is 12.1 Å². The Kier molecular flexibility index (Phi) is 2.65. The molecule has 13 heavy (non-hydrogen) atoms. The lowest BCUT2D eigenvalue weighted by Gasteiger charge is -2.09. The number of anilines is 1. The van der Waals surface area contributed by atoms with Crippen LogP contribution >= 0.6 is 0 Å². The lowest BCUT2D eigenvalue weighted by Crippen LogP contribution is -2.02. The number of alkyl halides is 2. The highest BCUT2D eigenvalue weighted by Crippen LogP contribution is 2.30. The second-order valence-electron chi connectivity index (χ2n) is 2.55. The zero-order chi connectivity index (χ0) is 10.0. The third-order valence-corrected chi connectivity index (χ3v) is 1.80. The van der Waals surface area contributed by atoms with Crippen molar-refractivity contribution in [3.63, 3.8) is 0 Å². The highest BCUT2D eigenvalue weighted by atomic mass is 19.3. The summed E-state index contributed by atoms with van der Waals surface area (Å²) in [5, 5.41) is 0. The number of nitrogens with zero attached hydrogens (tertiary/aromatic N) is 1. The van der Waals surface area contributed by atoms with Gasteiger partial charge in [0, 0.05) is 5.56 Å². The van der Waals surface area contributed by atoms with Gasteiger partial charge in [-0.05, 0) is 6.92 Å². The van der Waals surface area contributed by atoms with E-state index in [1.807, 2.05) is 0 Å². The molecule has 0 fully saturated rings. The van der Waals surface area contributed by atoms with Crippen LogP contribution in [0.3, 0.4) is 0 Å². The monoisotopic (exact) mass is 188 g/mol. The molecule has 0 saturated carbocycles. The Balaban J connectivity index is 3.23. The van der Waals surface area contributed by atoms with Crippen molar-refractivity contribution in [2.75, 3.05) is 12.8 Å². The van der Waals surface area contributed by atoms with E-state index in [9.17, 15) is 8.78 Å². The second kappa shape index (κ2) is 3.55. The Labute approximate surface area is 74.5 Å². The maximum atomic E-state index is 12.3. The first kappa shape index (κ1) is 9.70. The van der Waals surface area contributed by atoms with E-state index < -0.39 is 6.43 Å². The van der Waals surface area contributed by atoms with Gasteiger partial charge in [-0.1, -0.05) is 0 Å². The molecular formula is C8H10F2N2O. The van der Waals surface area contributed by atoms with E-state index in [2.05, 4.69) is 4.98 Å². The molecule has 72 valence electrons. The van der Waals surface area contributed by atoms with Crippen LogP contribution in [0.15, 0.2) is 6.20 Å². The normalized spacial score (nSPS) is 10.5. The fourth-order valence-electron chi connectivity index (χ4n) is 1.000. The fraction of sp³-hybridized carbons (Fsp3) is 0.375. The maximum Gasteiger partial charge on any atom is 0.280 e. The summed E-state index contributed by atoms with van der Waals surface area (Å²) in [6.45, 7) is 1.49. The molecule has 0 saturated heterocycles. The van der Waals surface area contributed by atoms with Crippen molar-refractivity contribution in [3.8, 4) is 5.75 Å². The fourth-order valence-corrected chi connectivity index (χ4v) is 1.000. The first-order valence-electron chi connectivity index (χ1n) is 3.65. The molecule has 0 aromatic carbocycles. The second-order valence-corrected chi connectivity index (χ2v) is 2.55. The zero-order valence-corrected chi connectivity index (χ0v) is 7.34. The van der Waals surface area contributed by atoms with Crippen LogP contribution < -0.4 is 10.5 Å². The number of nitrogen functional groups attached to an aromatic ring is 1. The summed E-state index contributed by atoms with van der Waals surface area (Å²) >= 11 is 0. The molecule has 2 N–H and O–H groups in total. The highest BCUT2D eigenvalue weighted by molar-refractivity contribution is 5.58. The highest BCUT2D eigenvalue weighted by Gasteiger charge is 2.16. The van der Waals surface area contributed by atoms with Crippen LogP contribution in [0, 0.1) is 6.92 Å². The average Bonchev–Trinajstić information content (AvgIpc) is 2.09. The summed E-state index contributed by atoms with van der Waals surface area (Å²) in [4.78, 5) is 3.55. The summed E-state index contributed by atoms with van der Waals surface area (Å²) in [5.74, 6) is 0.321. The molecule has 0 aliphatic rings. The SMILES string of the molecule is COc1cnc(C(F)F)c(C)c1N. The minimum Gasteiger partial charge on any atom is -0.493 e. The molecule has 1 aromatic heterocycles. The number of aromatic nitrogens is 1. The molecule has 0 unspecified atom stereocenters. The molecular weight excluding hydrogens is 178 g/mol. The summed E-state index contributed by atoms with van der Waals surface area (Å²) in [6.07, 6.45) is -1.41. The van der Waals surface area contributed by atoms with Crippen molar-refractivity contribution >= 4 is 5.69 Å². The van der Waals surface area contributed by atoms with E-state index in [1.165, 1.54) is 20.2 Å². The summed E-state index contributed by atoms with van der Waals surface area (Å²) in [5.41, 5.74) is 5.73. The number of halogens is 2. The molecule has 0 spiro atoms. The van der Waals surface area contributed by atoms with E-state index >= 15 is 0 Å². The molecule has 1 heterocycles. The molecule has 1 rings (SSSR count). The number of methoxy groups -OCH3 is 1. The maximum absolute atomic E-state index is 12.3. The Bertz CT molecular complexity index is 315. The molecule has 0 aliphatic heterocycles. The zero-order valence-electron chi connectivity index (χ0n) is 7.34. The van der Waals surface area contributed by atoms with Crippen molar-refractivity contribution < 1.29 is 13.5 Å². The first-order valence-corrected chi connectivity index (χ1v) is 3.65. The van der Waals surface area contributed by atoms with Gasteiger partial charge in [0.1, 0.15) is 5.69 Å². The molecule has 0 atom stereocenters. The van der Waals surface area contributed by atoms with Crippen molar-refractivity contribution in [2.45, 2.75) is 13.3 Å². The van der Waals surface area contributed by atoms with E-state index in [-0.39, 0.29) is 16.9 Å². The van der Waals surface area contributed by atoms with Gasteiger partial charge >= 0.3 is 0 Å². The van der Waals surface area contributed by atoms with Gasteiger partial charge in [0.25, 0.3) is 6.43 Å². The van der Waals surface area contributed by atoms with Gasteiger partial charge in [-0.25, -0.2) is 8.78 Å². The number of nitrogens with two attached hydrogens (primary N) is 1. The van der Waals surface area contributed by atoms with Gasteiger partial charge in [0.05, 0.1) is 19.0 Å². The van der Waals surface area contributed by atoms with Crippen molar-refractivity contribution in [3.05, 3.63) is 17.5 Å². The number of rotatable bonds is 2. The predicted octanol–water partition coefficient (Wildman–Crippen LogP) is 1.92. The molecule has 0 aliphatic carbocycles. The molecule has 0 amide bonds. The molecule has 5 heteroatoms. The molecule has 1 aromatic rings. The minimum atomic E-state index is -2.60. The Morgan fingerprint density at radius 1 is 1.54 bits per heavy atom. The van der Waals surface area contributed by atoms with E-state index in [0.29, 0.717) is 5.75 Å². The standard InChI is InChI=1S/C8H10F2N2O/c1-4-6(11)5(13-2)3-12-7(4)8(9)10/h3,8H,1-2H3,(H2,11,12). The third kappa shape index (κ3) is 1.68. The summed E-state index contributed by atoms with van der Waals surface area (Å²) in [7, 11) is 1.41. The number of pyridine rings is 1. The lowest BCUT2D eigenvalue weighted by molar-refractivity contribution is 0.145. The van der Waals surface area contributed by atoms with E-state index in [1.54, 1.807) is 0 Å². The molecule has 0 radical (unpaired) electrons. The quantitative estimate of drug-likeness (QED) is 0.771. The van der Waals surface area contributed by atoms with Gasteiger partial charge in [-0.3, -0.25) is 4.98 Å². The average molecular weight is 188 g/mol. The lowest BCUT2D eigenvalue weighted by atomic mass is 10.2. The Morgan fingerprint density at radius 3 is 2.62 bits per heavy atom. The van der Waals surface area contributed by atoms with Crippen LogP contribution in [0.4, 0.5) is 14.5 Å². The van der Waals surface area contributed by atoms with Crippen LogP contribution in [0.5, 0.6) is 5.75 Å². The number of hydrogen-bond donors (Lipinski definition) is 1. The van der Waals surface area contributed by atoms with E-state index in [0.717, 1.165) is 0 Å². The Morgan fingerprint density at radius 2 is 2.15 bits per heavy atom. The topological polar surface area (TPSA) is 48.1 Å². The van der Waals surface area contributed by atoms with Gasteiger partial charge in [0.15, 0.2) is 5.75 Å². The number of ether oxygens (including phenoxy) is 1. The van der Waals surface area contributed by atoms with Crippen LogP contribution in [0.25, 0.3) is 0 Å². The number of hydrogen-bond acceptors (Lipinski definition) is 3. The van der Waals surface area contributed by atoms with Gasteiger partial charge in [-0.15, -0.1) is 0 Å². The van der Waals surface area contributed by atoms with Gasteiger partial charge in [0.2, 0.25) is 0 Å². The Hall–Kier alpha value is -1.39. The predicted molar refractivity (Wildman–Crippen MR) is 44.9 cm³/mol. The van der Waals surface area contributed by atoms with Crippen molar-refractivity contribution in [1.82, 2.24) is 4.98 Å². The smallest absolute Gasteiger partial charge is 0.280 e.